The van der Waals surface area contributed by atoms with Crippen LogP contribution in [0.3, 0.4) is 0 Å². The molecule has 0 atom stereocenters. The highest BCUT2D eigenvalue weighted by Gasteiger charge is 2.53. The molecular formula is C19H20ClN3O2. The lowest BCUT2D eigenvalue weighted by Gasteiger charge is -2.24. The van der Waals surface area contributed by atoms with Gasteiger partial charge in [0.2, 0.25) is 5.28 Å². The first kappa shape index (κ1) is 15.4. The summed E-state index contributed by atoms with van der Waals surface area (Å²) in [7, 11) is 0. The van der Waals surface area contributed by atoms with Gasteiger partial charge in [-0.25, -0.2) is 4.98 Å². The van der Waals surface area contributed by atoms with E-state index in [9.17, 15) is 0 Å². The molecule has 0 N–H and O–H groups in total. The fourth-order valence-corrected chi connectivity index (χ4v) is 4.03. The van der Waals surface area contributed by atoms with Gasteiger partial charge in [0.15, 0.2) is 0 Å². The molecule has 2 aromatic rings. The van der Waals surface area contributed by atoms with Crippen molar-refractivity contribution in [3.05, 3.63) is 41.3 Å². The maximum Gasteiger partial charge on any atom is 0.224 e. The summed E-state index contributed by atoms with van der Waals surface area (Å²) in [5, 5.41) is 0.302. The zero-order valence-corrected chi connectivity index (χ0v) is 14.7. The van der Waals surface area contributed by atoms with Crippen LogP contribution in [-0.2, 0) is 10.2 Å². The fourth-order valence-electron chi connectivity index (χ4n) is 3.90. The molecule has 2 aliphatic heterocycles. The molecule has 1 saturated carbocycles. The molecule has 0 radical (unpaired) electrons. The van der Waals surface area contributed by atoms with Gasteiger partial charge in [-0.05, 0) is 36.6 Å². The second-order valence-electron chi connectivity index (χ2n) is 7.17. The van der Waals surface area contributed by atoms with Gasteiger partial charge in [-0.15, -0.1) is 0 Å². The van der Waals surface area contributed by atoms with Crippen LogP contribution in [0.5, 0.6) is 5.75 Å². The van der Waals surface area contributed by atoms with Crippen molar-refractivity contribution in [2.45, 2.75) is 37.2 Å². The number of ether oxygens (including phenoxy) is 2. The quantitative estimate of drug-likeness (QED) is 0.780. The number of hydrogen-bond donors (Lipinski definition) is 0. The van der Waals surface area contributed by atoms with Gasteiger partial charge in [-0.3, -0.25) is 0 Å². The van der Waals surface area contributed by atoms with Crippen LogP contribution >= 0.6 is 11.6 Å². The number of fused-ring (bicyclic) bond motifs is 2. The standard InChI is InChI=1S/C19H20ClN3O2/c20-18-21-11-16-17(22-18)23(12-19(16)6-7-19)13-2-1-3-15(10-13)25-14-4-8-24-9-5-14/h1-3,10-11,14H,4-9,12H2. The second kappa shape index (κ2) is 5.85. The Labute approximate surface area is 151 Å². The molecule has 1 saturated heterocycles. The van der Waals surface area contributed by atoms with Crippen LogP contribution in [0.25, 0.3) is 0 Å². The minimum atomic E-state index is 0.220. The normalized spacial score (nSPS) is 21.4. The zero-order chi connectivity index (χ0) is 16.9. The first-order chi connectivity index (χ1) is 12.2. The van der Waals surface area contributed by atoms with E-state index in [0.717, 1.165) is 49.9 Å². The van der Waals surface area contributed by atoms with Gasteiger partial charge in [0, 0.05) is 48.3 Å². The Morgan fingerprint density at radius 2 is 2.08 bits per heavy atom. The van der Waals surface area contributed by atoms with Crippen LogP contribution < -0.4 is 9.64 Å². The molecule has 25 heavy (non-hydrogen) atoms. The van der Waals surface area contributed by atoms with Gasteiger partial charge >= 0.3 is 0 Å². The van der Waals surface area contributed by atoms with Gasteiger partial charge < -0.3 is 14.4 Å². The van der Waals surface area contributed by atoms with Gasteiger partial charge in [-0.2, -0.15) is 4.98 Å². The molecule has 2 fully saturated rings. The van der Waals surface area contributed by atoms with E-state index in [1.807, 2.05) is 18.3 Å². The Balaban J connectivity index is 1.44. The summed E-state index contributed by atoms with van der Waals surface area (Å²) in [4.78, 5) is 11.0. The van der Waals surface area contributed by atoms with E-state index in [2.05, 4.69) is 27.0 Å². The number of hydrogen-bond acceptors (Lipinski definition) is 5. The largest absolute Gasteiger partial charge is 0.490 e. The van der Waals surface area contributed by atoms with Crippen LogP contribution in [0.15, 0.2) is 30.5 Å². The van der Waals surface area contributed by atoms with Crippen molar-refractivity contribution in [3.63, 3.8) is 0 Å². The summed E-state index contributed by atoms with van der Waals surface area (Å²) in [6.45, 7) is 2.50. The number of benzene rings is 1. The molecule has 3 heterocycles. The maximum absolute atomic E-state index is 6.17. The van der Waals surface area contributed by atoms with Crippen molar-refractivity contribution in [2.75, 3.05) is 24.7 Å². The Morgan fingerprint density at radius 3 is 2.88 bits per heavy atom. The molecule has 1 spiro atoms. The Kier molecular flexibility index (Phi) is 3.61. The first-order valence-electron chi connectivity index (χ1n) is 8.89. The topological polar surface area (TPSA) is 47.5 Å². The molecule has 0 bridgehead atoms. The minimum absolute atomic E-state index is 0.220. The van der Waals surface area contributed by atoms with Crippen LogP contribution in [0.1, 0.15) is 31.2 Å². The summed E-state index contributed by atoms with van der Waals surface area (Å²) < 4.78 is 11.6. The van der Waals surface area contributed by atoms with Crippen molar-refractivity contribution in [1.29, 1.82) is 0 Å². The Hall–Kier alpha value is -1.85. The third kappa shape index (κ3) is 2.75. The predicted molar refractivity (Wildman–Crippen MR) is 95.9 cm³/mol. The Bertz CT molecular complexity index is 803. The minimum Gasteiger partial charge on any atom is -0.490 e. The van der Waals surface area contributed by atoms with Gasteiger partial charge in [0.05, 0.1) is 13.2 Å². The van der Waals surface area contributed by atoms with E-state index in [1.54, 1.807) is 0 Å². The van der Waals surface area contributed by atoms with E-state index in [1.165, 1.54) is 18.4 Å². The average molecular weight is 358 g/mol. The number of anilines is 2. The zero-order valence-electron chi connectivity index (χ0n) is 13.9. The number of nitrogens with zero attached hydrogens (tertiary/aromatic N) is 3. The third-order valence-corrected chi connectivity index (χ3v) is 5.66. The summed E-state index contributed by atoms with van der Waals surface area (Å²) in [5.74, 6) is 1.85. The third-order valence-electron chi connectivity index (χ3n) is 5.48. The van der Waals surface area contributed by atoms with E-state index in [0.29, 0.717) is 5.28 Å². The lowest BCUT2D eigenvalue weighted by Crippen LogP contribution is -2.26. The smallest absolute Gasteiger partial charge is 0.224 e. The van der Waals surface area contributed by atoms with Crippen molar-refractivity contribution in [1.82, 2.24) is 9.97 Å². The lowest BCUT2D eigenvalue weighted by atomic mass is 10.0. The number of aromatic nitrogens is 2. The lowest BCUT2D eigenvalue weighted by molar-refractivity contribution is 0.0256. The molecular weight excluding hydrogens is 338 g/mol. The molecule has 5 rings (SSSR count). The first-order valence-corrected chi connectivity index (χ1v) is 9.26. The van der Waals surface area contributed by atoms with Crippen LogP contribution in [0.4, 0.5) is 11.5 Å². The second-order valence-corrected chi connectivity index (χ2v) is 7.51. The molecule has 0 amide bonds. The molecule has 3 aliphatic rings. The predicted octanol–water partition coefficient (Wildman–Crippen LogP) is 3.87. The monoisotopic (exact) mass is 357 g/mol. The number of rotatable bonds is 3. The van der Waals surface area contributed by atoms with E-state index < -0.39 is 0 Å². The molecule has 1 aliphatic carbocycles. The number of halogens is 1. The van der Waals surface area contributed by atoms with Crippen molar-refractivity contribution in [2.24, 2.45) is 0 Å². The molecule has 130 valence electrons. The average Bonchev–Trinajstić information content (AvgIpc) is 3.34. The van der Waals surface area contributed by atoms with Crippen molar-refractivity contribution >= 4 is 23.1 Å². The SMILES string of the molecule is Clc1ncc2c(n1)N(c1cccc(OC3CCOCC3)c1)CC21CC1. The summed E-state index contributed by atoms with van der Waals surface area (Å²) in [6, 6.07) is 8.29. The van der Waals surface area contributed by atoms with Gasteiger partial charge in [-0.1, -0.05) is 6.07 Å². The van der Waals surface area contributed by atoms with E-state index >= 15 is 0 Å². The van der Waals surface area contributed by atoms with Gasteiger partial charge in [0.1, 0.15) is 17.7 Å². The molecule has 5 nitrogen and oxygen atoms in total. The highest BCUT2D eigenvalue weighted by atomic mass is 35.5. The molecule has 0 unspecified atom stereocenters. The highest BCUT2D eigenvalue weighted by molar-refractivity contribution is 6.28. The maximum atomic E-state index is 6.17. The van der Waals surface area contributed by atoms with Crippen LogP contribution in [-0.4, -0.2) is 35.8 Å². The van der Waals surface area contributed by atoms with Gasteiger partial charge in [0.25, 0.3) is 0 Å². The van der Waals surface area contributed by atoms with E-state index in [4.69, 9.17) is 21.1 Å². The molecule has 6 heteroatoms. The fraction of sp³-hybridized carbons (Fsp3) is 0.474. The van der Waals surface area contributed by atoms with E-state index in [-0.39, 0.29) is 11.5 Å². The molecule has 1 aromatic carbocycles. The van der Waals surface area contributed by atoms with Crippen LogP contribution in [0.2, 0.25) is 5.28 Å². The summed E-state index contributed by atoms with van der Waals surface area (Å²) in [5.41, 5.74) is 2.55. The van der Waals surface area contributed by atoms with Crippen molar-refractivity contribution in [3.8, 4) is 5.75 Å². The summed E-state index contributed by atoms with van der Waals surface area (Å²) >= 11 is 6.06. The molecule has 1 aromatic heterocycles. The Morgan fingerprint density at radius 1 is 1.24 bits per heavy atom. The summed E-state index contributed by atoms with van der Waals surface area (Å²) in [6.07, 6.45) is 6.42. The highest BCUT2D eigenvalue weighted by Crippen LogP contribution is 2.57. The van der Waals surface area contributed by atoms with Crippen molar-refractivity contribution < 1.29 is 9.47 Å². The van der Waals surface area contributed by atoms with Crippen LogP contribution in [0, 0.1) is 0 Å².